The molecule has 1 aromatic carbocycles. The molecule has 1 saturated heterocycles. The van der Waals surface area contributed by atoms with Gasteiger partial charge in [0.05, 0.1) is 11.4 Å². The summed E-state index contributed by atoms with van der Waals surface area (Å²) in [4.78, 5) is 60.9. The summed E-state index contributed by atoms with van der Waals surface area (Å²) in [6.45, 7) is 3.63. The lowest BCUT2D eigenvalue weighted by atomic mass is 9.77. The number of urea groups is 1. The highest BCUT2D eigenvalue weighted by atomic mass is 32.2. The maximum Gasteiger partial charge on any atom is 0.344 e. The van der Waals surface area contributed by atoms with E-state index < -0.39 is 65.0 Å². The number of esters is 1. The van der Waals surface area contributed by atoms with Gasteiger partial charge in [0.1, 0.15) is 12.1 Å². The van der Waals surface area contributed by atoms with Crippen LogP contribution in [0.5, 0.6) is 0 Å². The molecule has 2 aliphatic rings. The molecule has 1 aliphatic carbocycles. The zero-order valence-corrected chi connectivity index (χ0v) is 21.7. The summed E-state index contributed by atoms with van der Waals surface area (Å²) in [5.41, 5.74) is 2.80. The molecule has 1 aliphatic heterocycles. The van der Waals surface area contributed by atoms with Crippen molar-refractivity contribution in [1.29, 1.82) is 0 Å². The van der Waals surface area contributed by atoms with Gasteiger partial charge in [-0.2, -0.15) is 5.01 Å². The van der Waals surface area contributed by atoms with Crippen molar-refractivity contribution in [3.05, 3.63) is 29.3 Å². The van der Waals surface area contributed by atoms with Crippen LogP contribution >= 0.6 is 0 Å². The minimum atomic E-state index is -3.93. The van der Waals surface area contributed by atoms with Gasteiger partial charge in [-0.3, -0.25) is 24.6 Å². The van der Waals surface area contributed by atoms with Crippen molar-refractivity contribution in [2.45, 2.75) is 56.9 Å². The van der Waals surface area contributed by atoms with E-state index in [9.17, 15) is 32.4 Å². The van der Waals surface area contributed by atoms with Crippen molar-refractivity contribution in [3.63, 3.8) is 0 Å². The number of imide groups is 1. The molecule has 2 fully saturated rings. The third-order valence-electron chi connectivity index (χ3n) is 6.53. The normalized spacial score (nSPS) is 21.5. The predicted octanol–water partition coefficient (Wildman–Crippen LogP) is -0.227. The molecule has 202 valence electrons. The molecule has 37 heavy (non-hydrogen) atoms. The van der Waals surface area contributed by atoms with E-state index in [4.69, 9.17) is 4.74 Å². The van der Waals surface area contributed by atoms with Crippen molar-refractivity contribution >= 4 is 39.7 Å². The van der Waals surface area contributed by atoms with Gasteiger partial charge in [0.15, 0.2) is 6.61 Å². The molecule has 4 N–H and O–H groups in total. The van der Waals surface area contributed by atoms with Crippen molar-refractivity contribution < 1.29 is 37.1 Å². The van der Waals surface area contributed by atoms with Crippen LogP contribution in [0.3, 0.4) is 0 Å². The highest BCUT2D eigenvalue weighted by molar-refractivity contribution is 7.89. The Morgan fingerprint density at radius 3 is 2.41 bits per heavy atom. The van der Waals surface area contributed by atoms with E-state index in [-0.39, 0.29) is 4.90 Å². The van der Waals surface area contributed by atoms with Crippen LogP contribution in [-0.4, -0.2) is 68.4 Å². The van der Waals surface area contributed by atoms with Gasteiger partial charge in [0.2, 0.25) is 15.9 Å². The minimum absolute atomic E-state index is 0.00273. The Kier molecular flexibility index (Phi) is 8.53. The van der Waals surface area contributed by atoms with Gasteiger partial charge in [0, 0.05) is 0 Å². The number of rotatable bonds is 9. The number of sulfonamides is 1. The molecular formula is C23H31N5O8S. The van der Waals surface area contributed by atoms with Crippen molar-refractivity contribution in [2.75, 3.05) is 19.7 Å². The summed E-state index contributed by atoms with van der Waals surface area (Å²) in [6.07, 6.45) is 2.48. The highest BCUT2D eigenvalue weighted by Crippen LogP contribution is 2.35. The van der Waals surface area contributed by atoms with Crippen LogP contribution in [0.4, 0.5) is 4.79 Å². The van der Waals surface area contributed by atoms with Crippen LogP contribution in [0.15, 0.2) is 23.1 Å². The first-order valence-corrected chi connectivity index (χ1v) is 13.3. The molecule has 1 heterocycles. The molecule has 13 nitrogen and oxygen atoms in total. The fraction of sp³-hybridized carbons (Fsp3) is 0.522. The number of nitrogens with one attached hydrogen (secondary N) is 4. The Bertz CT molecular complexity index is 1210. The molecule has 0 atom stereocenters. The van der Waals surface area contributed by atoms with E-state index in [0.29, 0.717) is 23.8 Å². The van der Waals surface area contributed by atoms with Gasteiger partial charge in [-0.15, -0.1) is 0 Å². The standard InChI is InChI=1S/C23H31N5O8S/c1-14-6-8-23(9-7-14)21(32)28(22(33)26-23)27-19(30)13-36-20(31)12-24-18(29)11-25-37(34,35)17-5-4-15(2)16(3)10-17/h4-5,10,14,25H,6-9,11-13H2,1-3H3,(H,24,29)(H,26,33)(H,27,30). The van der Waals surface area contributed by atoms with Gasteiger partial charge in [-0.05, 0) is 68.7 Å². The number of benzene rings is 1. The van der Waals surface area contributed by atoms with Crippen LogP contribution in [-0.2, 0) is 33.9 Å². The Hall–Kier alpha value is -3.52. The Labute approximate surface area is 214 Å². The maximum atomic E-state index is 12.7. The molecule has 3 rings (SSSR count). The fourth-order valence-corrected chi connectivity index (χ4v) is 5.09. The minimum Gasteiger partial charge on any atom is -0.454 e. The van der Waals surface area contributed by atoms with Gasteiger partial charge < -0.3 is 15.4 Å². The molecule has 0 unspecified atom stereocenters. The van der Waals surface area contributed by atoms with Crippen LogP contribution in [0.2, 0.25) is 0 Å². The predicted molar refractivity (Wildman–Crippen MR) is 129 cm³/mol. The summed E-state index contributed by atoms with van der Waals surface area (Å²) in [6, 6.07) is 3.79. The van der Waals surface area contributed by atoms with Crippen molar-refractivity contribution in [3.8, 4) is 0 Å². The molecule has 1 aromatic rings. The molecule has 0 aromatic heterocycles. The first kappa shape index (κ1) is 28.1. The van der Waals surface area contributed by atoms with E-state index in [1.54, 1.807) is 13.0 Å². The topological polar surface area (TPSA) is 180 Å². The summed E-state index contributed by atoms with van der Waals surface area (Å²) < 4.78 is 31.6. The number of carbonyl (C=O) groups is 5. The summed E-state index contributed by atoms with van der Waals surface area (Å²) in [5.74, 6) is -2.79. The second-order valence-corrected chi connectivity index (χ2v) is 11.1. The SMILES string of the molecule is Cc1ccc(S(=O)(=O)NCC(=O)NCC(=O)OCC(=O)NN2C(=O)NC3(CCC(C)CC3)C2=O)cc1C. The van der Waals surface area contributed by atoms with Gasteiger partial charge in [0.25, 0.3) is 11.8 Å². The zero-order valence-electron chi connectivity index (χ0n) is 20.9. The Morgan fingerprint density at radius 2 is 1.76 bits per heavy atom. The van der Waals surface area contributed by atoms with E-state index in [1.807, 2.05) is 6.92 Å². The number of hydrogen-bond acceptors (Lipinski definition) is 8. The third-order valence-corrected chi connectivity index (χ3v) is 7.93. The molecule has 1 saturated carbocycles. The summed E-state index contributed by atoms with van der Waals surface area (Å²) in [7, 11) is -3.93. The molecule has 5 amide bonds. The number of carbonyl (C=O) groups excluding carboxylic acids is 5. The lowest BCUT2D eigenvalue weighted by Gasteiger charge is -2.33. The van der Waals surface area contributed by atoms with Crippen LogP contribution in [0, 0.1) is 19.8 Å². The Balaban J connectivity index is 1.38. The number of ether oxygens (including phenoxy) is 1. The quantitative estimate of drug-likeness (QED) is 0.246. The maximum absolute atomic E-state index is 12.7. The first-order valence-electron chi connectivity index (χ1n) is 11.8. The monoisotopic (exact) mass is 537 g/mol. The second-order valence-electron chi connectivity index (χ2n) is 9.38. The fourth-order valence-electron chi connectivity index (χ4n) is 4.03. The summed E-state index contributed by atoms with van der Waals surface area (Å²) >= 11 is 0. The highest BCUT2D eigenvalue weighted by Gasteiger charge is 2.52. The zero-order chi connectivity index (χ0) is 27.4. The number of amides is 5. The third kappa shape index (κ3) is 6.83. The van der Waals surface area contributed by atoms with E-state index >= 15 is 0 Å². The van der Waals surface area contributed by atoms with E-state index in [1.165, 1.54) is 12.1 Å². The van der Waals surface area contributed by atoms with Gasteiger partial charge in [-0.1, -0.05) is 13.0 Å². The molecule has 1 spiro atoms. The van der Waals surface area contributed by atoms with Crippen molar-refractivity contribution in [2.24, 2.45) is 5.92 Å². The lowest BCUT2D eigenvalue weighted by molar-refractivity contribution is -0.150. The lowest BCUT2D eigenvalue weighted by Crippen LogP contribution is -2.52. The number of aryl methyl sites for hydroxylation is 2. The van der Waals surface area contributed by atoms with Crippen LogP contribution in [0.1, 0.15) is 43.7 Å². The number of hydrazine groups is 1. The van der Waals surface area contributed by atoms with Crippen molar-refractivity contribution in [1.82, 2.24) is 25.8 Å². The molecule has 0 bridgehead atoms. The average Bonchev–Trinajstić information content (AvgIpc) is 3.07. The second kappa shape index (κ2) is 11.3. The van der Waals surface area contributed by atoms with Crippen LogP contribution < -0.4 is 20.8 Å². The first-order chi connectivity index (χ1) is 17.3. The summed E-state index contributed by atoms with van der Waals surface area (Å²) in [5, 5.41) is 5.42. The van der Waals surface area contributed by atoms with Gasteiger partial charge >= 0.3 is 12.0 Å². The number of hydrogen-bond donors (Lipinski definition) is 4. The number of nitrogens with zero attached hydrogens (tertiary/aromatic N) is 1. The van der Waals surface area contributed by atoms with Crippen LogP contribution in [0.25, 0.3) is 0 Å². The van der Waals surface area contributed by atoms with Gasteiger partial charge in [-0.25, -0.2) is 17.9 Å². The molecule has 0 radical (unpaired) electrons. The molecule has 14 heteroatoms. The smallest absolute Gasteiger partial charge is 0.344 e. The Morgan fingerprint density at radius 1 is 1.08 bits per heavy atom. The molecular weight excluding hydrogens is 506 g/mol. The largest absolute Gasteiger partial charge is 0.454 e. The van der Waals surface area contributed by atoms with E-state index in [0.717, 1.165) is 24.0 Å². The average molecular weight is 538 g/mol. The van der Waals surface area contributed by atoms with E-state index in [2.05, 4.69) is 27.7 Å².